The fourth-order valence-electron chi connectivity index (χ4n) is 1.48. The zero-order chi connectivity index (χ0) is 15.2. The molecule has 8 heteroatoms. The molecule has 2 rings (SSSR count). The van der Waals surface area contributed by atoms with Gasteiger partial charge in [0.25, 0.3) is 0 Å². The summed E-state index contributed by atoms with van der Waals surface area (Å²) in [7, 11) is 1.25. The van der Waals surface area contributed by atoms with Gasteiger partial charge in [0.05, 0.1) is 17.0 Å². The van der Waals surface area contributed by atoms with Crippen LogP contribution >= 0.6 is 28.5 Å². The molecule has 2 nitrogen and oxygen atoms in total. The van der Waals surface area contributed by atoms with Crippen LogP contribution in [-0.4, -0.2) is 9.97 Å². The van der Waals surface area contributed by atoms with Crippen molar-refractivity contribution in [3.63, 3.8) is 0 Å². The molecule has 0 spiro atoms. The third-order valence-corrected chi connectivity index (χ3v) is 2.21. The number of rotatable bonds is 1. The van der Waals surface area contributed by atoms with Crippen LogP contribution in [0.1, 0.15) is 11.3 Å². The second-order valence-corrected chi connectivity index (χ2v) is 8.62. The van der Waals surface area contributed by atoms with E-state index >= 15 is 0 Å². The van der Waals surface area contributed by atoms with Crippen molar-refractivity contribution in [2.24, 2.45) is 0 Å². The molecule has 20 heavy (non-hydrogen) atoms. The third kappa shape index (κ3) is 5.50. The van der Waals surface area contributed by atoms with Gasteiger partial charge in [-0.25, -0.2) is 0 Å². The predicted octanol–water partition coefficient (Wildman–Crippen LogP) is 5.16. The van der Waals surface area contributed by atoms with Gasteiger partial charge in [-0.05, 0) is 31.2 Å². The third-order valence-electron chi connectivity index (χ3n) is 2.21. The van der Waals surface area contributed by atoms with Gasteiger partial charge in [0.15, 0.2) is 0 Å². The van der Waals surface area contributed by atoms with Gasteiger partial charge >= 0.3 is 45.5 Å². The second kappa shape index (κ2) is 8.10. The molecule has 2 aromatic heterocycles. The average Bonchev–Trinajstić information content (AvgIpc) is 2.39. The van der Waals surface area contributed by atoms with Crippen LogP contribution in [0.4, 0.5) is 13.2 Å². The number of pyridine rings is 2. The Bertz CT molecular complexity index is 550. The second-order valence-electron chi connectivity index (χ2n) is 3.64. The molecule has 0 saturated heterocycles. The molecule has 0 atom stereocenters. The Morgan fingerprint density at radius 3 is 2.25 bits per heavy atom. The molecular weight excluding hydrogens is 448 g/mol. The summed E-state index contributed by atoms with van der Waals surface area (Å²) in [5.41, 5.74) is 0.283. The predicted molar refractivity (Wildman–Crippen MR) is 75.1 cm³/mol. The first-order valence-electron chi connectivity index (χ1n) is 5.18. The van der Waals surface area contributed by atoms with Gasteiger partial charge in [0, 0.05) is 11.9 Å². The van der Waals surface area contributed by atoms with Crippen LogP contribution < -0.4 is 0 Å². The molecule has 0 aromatic carbocycles. The maximum absolute atomic E-state index is 12.6. The normalized spacial score (nSPS) is 10.9. The quantitative estimate of drug-likeness (QED) is 0.554. The first-order valence-corrected chi connectivity index (χ1v) is 10.1. The molecule has 112 valence electrons. The van der Waals surface area contributed by atoms with Crippen molar-refractivity contribution < 1.29 is 24.1 Å². The summed E-state index contributed by atoms with van der Waals surface area (Å²) in [6.45, 7) is 1.53. The van der Waals surface area contributed by atoms with Crippen LogP contribution in [0.3, 0.4) is 0 Å². The Hall–Kier alpha value is -0.456. The molecule has 2 aromatic rings. The molecule has 0 amide bonds. The van der Waals surface area contributed by atoms with Gasteiger partial charge in [0.1, 0.15) is 0 Å². The number of aryl methyl sites for hydroxylation is 1. The first kappa shape index (κ1) is 17.6. The number of alkyl halides is 3. The van der Waals surface area contributed by atoms with Crippen molar-refractivity contribution in [3.8, 4) is 11.4 Å². The SMILES string of the molecule is Cc1cc(C(F)(F)F)cc(-c2ccccn2)n1.[Br][Ni][Br]. The van der Waals surface area contributed by atoms with E-state index in [-0.39, 0.29) is 5.69 Å². The van der Waals surface area contributed by atoms with E-state index in [9.17, 15) is 13.2 Å². The number of aromatic nitrogens is 2. The first-order chi connectivity index (χ1) is 9.38. The van der Waals surface area contributed by atoms with E-state index in [1.54, 1.807) is 18.2 Å². The number of hydrogen-bond acceptors (Lipinski definition) is 2. The maximum atomic E-state index is 12.6. The summed E-state index contributed by atoms with van der Waals surface area (Å²) in [5.74, 6) is 0. The summed E-state index contributed by atoms with van der Waals surface area (Å²) < 4.78 is 37.8. The zero-order valence-corrected chi connectivity index (χ0v) is 14.2. The summed E-state index contributed by atoms with van der Waals surface area (Å²) in [5, 5.41) is 0. The number of hydrogen-bond donors (Lipinski definition) is 0. The average molecular weight is 457 g/mol. The Labute approximate surface area is 134 Å². The van der Waals surface area contributed by atoms with Gasteiger partial charge < -0.3 is 0 Å². The van der Waals surface area contributed by atoms with E-state index in [0.29, 0.717) is 11.4 Å². The van der Waals surface area contributed by atoms with Crippen molar-refractivity contribution in [2.75, 3.05) is 0 Å². The van der Waals surface area contributed by atoms with Crippen molar-refractivity contribution in [1.29, 1.82) is 0 Å². The fourth-order valence-corrected chi connectivity index (χ4v) is 1.48. The van der Waals surface area contributed by atoms with Gasteiger partial charge in [-0.1, -0.05) is 6.07 Å². The summed E-state index contributed by atoms with van der Waals surface area (Å²) >= 11 is 6.00. The van der Waals surface area contributed by atoms with Crippen LogP contribution in [0.5, 0.6) is 0 Å². The van der Waals surface area contributed by atoms with E-state index in [1.807, 2.05) is 0 Å². The summed E-state index contributed by atoms with van der Waals surface area (Å²) in [4.78, 5) is 8.04. The Kier molecular flexibility index (Phi) is 7.13. The molecule has 0 radical (unpaired) electrons. The molecule has 0 aliphatic carbocycles. The standard InChI is InChI=1S/C12H9F3N2.2BrH.Ni/c1-8-6-9(12(13,14)15)7-11(17-8)10-4-2-3-5-16-10;;;/h2-7H,1H3;2*1H;/q;;;+2/p-2. The summed E-state index contributed by atoms with van der Waals surface area (Å²) in [6, 6.07) is 7.06. The topological polar surface area (TPSA) is 25.8 Å². The van der Waals surface area contributed by atoms with E-state index in [2.05, 4.69) is 38.4 Å². The van der Waals surface area contributed by atoms with Crippen molar-refractivity contribution >= 4 is 28.5 Å². The zero-order valence-electron chi connectivity index (χ0n) is 10.1. The van der Waals surface area contributed by atoms with E-state index in [4.69, 9.17) is 0 Å². The molecule has 0 N–H and O–H groups in total. The van der Waals surface area contributed by atoms with Crippen molar-refractivity contribution in [2.45, 2.75) is 13.1 Å². The van der Waals surface area contributed by atoms with Crippen LogP contribution in [0.25, 0.3) is 11.4 Å². The van der Waals surface area contributed by atoms with Gasteiger partial charge in [-0.15, -0.1) is 0 Å². The number of halogens is 5. The van der Waals surface area contributed by atoms with Crippen LogP contribution in [-0.2, 0) is 17.1 Å². The number of nitrogens with zero attached hydrogens (tertiary/aromatic N) is 2. The molecule has 0 bridgehead atoms. The molecule has 0 aliphatic heterocycles. The van der Waals surface area contributed by atoms with Crippen molar-refractivity contribution in [3.05, 3.63) is 47.8 Å². The minimum absolute atomic E-state index is 0.234. The van der Waals surface area contributed by atoms with E-state index in [1.165, 1.54) is 24.0 Å². The summed E-state index contributed by atoms with van der Waals surface area (Å²) in [6.07, 6.45) is -2.84. The molecule has 0 unspecified atom stereocenters. The monoisotopic (exact) mass is 454 g/mol. The van der Waals surface area contributed by atoms with E-state index < -0.39 is 11.7 Å². The van der Waals surface area contributed by atoms with Crippen molar-refractivity contribution in [1.82, 2.24) is 9.97 Å². The van der Waals surface area contributed by atoms with Gasteiger partial charge in [-0.3, -0.25) is 9.97 Å². The Morgan fingerprint density at radius 2 is 1.75 bits per heavy atom. The van der Waals surface area contributed by atoms with E-state index in [0.717, 1.165) is 12.1 Å². The fraction of sp³-hybridized carbons (Fsp3) is 0.167. The van der Waals surface area contributed by atoms with Gasteiger partial charge in [0.2, 0.25) is 0 Å². The Morgan fingerprint density at radius 1 is 1.10 bits per heavy atom. The molecule has 0 aliphatic rings. The minimum atomic E-state index is -4.36. The van der Waals surface area contributed by atoms with Gasteiger partial charge in [-0.2, -0.15) is 13.2 Å². The molecule has 0 fully saturated rings. The van der Waals surface area contributed by atoms with Crippen LogP contribution in [0.15, 0.2) is 36.5 Å². The molecule has 2 heterocycles. The van der Waals surface area contributed by atoms with Crippen LogP contribution in [0.2, 0.25) is 0 Å². The molecular formula is C12H9Br2F3N2Ni. The molecule has 0 saturated carbocycles. The Balaban J connectivity index is 0.000000612. The van der Waals surface area contributed by atoms with Crippen LogP contribution in [0, 0.1) is 6.92 Å².